The summed E-state index contributed by atoms with van der Waals surface area (Å²) in [5.74, 6) is 0.730. The van der Waals surface area contributed by atoms with Crippen LogP contribution >= 0.6 is 0 Å². The summed E-state index contributed by atoms with van der Waals surface area (Å²) in [5.41, 5.74) is 0.778. The zero-order chi connectivity index (χ0) is 15.5. The first kappa shape index (κ1) is 15.7. The molecular formula is C15H23N3O3. The van der Waals surface area contributed by atoms with Gasteiger partial charge in [0, 0.05) is 18.7 Å². The van der Waals surface area contributed by atoms with E-state index in [2.05, 4.69) is 24.1 Å². The van der Waals surface area contributed by atoms with Gasteiger partial charge in [-0.15, -0.1) is 0 Å². The van der Waals surface area contributed by atoms with Gasteiger partial charge in [0.1, 0.15) is 12.0 Å². The van der Waals surface area contributed by atoms with E-state index in [9.17, 15) is 10.1 Å². The van der Waals surface area contributed by atoms with Crippen molar-refractivity contribution in [1.29, 1.82) is 0 Å². The third kappa shape index (κ3) is 3.50. The minimum atomic E-state index is -0.419. The summed E-state index contributed by atoms with van der Waals surface area (Å²) in [6.45, 7) is 6.89. The van der Waals surface area contributed by atoms with Crippen LogP contribution in [0.3, 0.4) is 0 Å². The predicted octanol–water partition coefficient (Wildman–Crippen LogP) is 3.45. The number of rotatable bonds is 5. The lowest BCUT2D eigenvalue weighted by molar-refractivity contribution is -0.385. The van der Waals surface area contributed by atoms with Gasteiger partial charge in [0.15, 0.2) is 0 Å². The minimum Gasteiger partial charge on any atom is -0.375 e. The topological polar surface area (TPSA) is 77.3 Å². The molecule has 0 aliphatic carbocycles. The van der Waals surface area contributed by atoms with Gasteiger partial charge in [-0.3, -0.25) is 10.1 Å². The molecule has 2 rings (SSSR count). The molecule has 6 heteroatoms. The summed E-state index contributed by atoms with van der Waals surface area (Å²) in [6.07, 6.45) is 5.17. The second-order valence-electron chi connectivity index (χ2n) is 5.69. The summed E-state index contributed by atoms with van der Waals surface area (Å²) in [4.78, 5) is 14.5. The molecular weight excluding hydrogens is 270 g/mol. The van der Waals surface area contributed by atoms with E-state index >= 15 is 0 Å². The molecule has 0 saturated carbocycles. The highest BCUT2D eigenvalue weighted by molar-refractivity contribution is 5.48. The third-order valence-corrected chi connectivity index (χ3v) is 4.40. The van der Waals surface area contributed by atoms with Gasteiger partial charge in [0.2, 0.25) is 0 Å². The molecule has 0 aromatic carbocycles. The van der Waals surface area contributed by atoms with Crippen molar-refractivity contribution < 1.29 is 9.66 Å². The van der Waals surface area contributed by atoms with Gasteiger partial charge in [0.05, 0.1) is 10.5 Å². The largest absolute Gasteiger partial charge is 0.375 e. The van der Waals surface area contributed by atoms with Crippen LogP contribution in [0.1, 0.15) is 45.1 Å². The average Bonchev–Trinajstić information content (AvgIpc) is 2.49. The Bertz CT molecular complexity index is 515. The maximum atomic E-state index is 10.7. The Hall–Kier alpha value is -1.69. The van der Waals surface area contributed by atoms with E-state index in [0.717, 1.165) is 43.7 Å². The van der Waals surface area contributed by atoms with Crippen LogP contribution < -0.4 is 5.32 Å². The quantitative estimate of drug-likeness (QED) is 0.664. The molecule has 0 amide bonds. The van der Waals surface area contributed by atoms with Crippen molar-refractivity contribution in [2.75, 3.05) is 11.9 Å². The predicted molar refractivity (Wildman–Crippen MR) is 81.5 cm³/mol. The Balaban J connectivity index is 2.09. The molecule has 21 heavy (non-hydrogen) atoms. The number of pyridine rings is 1. The highest BCUT2D eigenvalue weighted by Crippen LogP contribution is 2.33. The minimum absolute atomic E-state index is 0.0292. The molecule has 1 aliphatic heterocycles. The van der Waals surface area contributed by atoms with Crippen molar-refractivity contribution >= 4 is 11.5 Å². The smallest absolute Gasteiger partial charge is 0.287 e. The van der Waals surface area contributed by atoms with E-state index in [1.807, 2.05) is 6.92 Å². The van der Waals surface area contributed by atoms with E-state index in [1.165, 1.54) is 6.20 Å². The summed E-state index contributed by atoms with van der Waals surface area (Å²) in [6, 6.07) is 1.85. The van der Waals surface area contributed by atoms with Crippen molar-refractivity contribution in [2.45, 2.75) is 58.1 Å². The first-order valence-electron chi connectivity index (χ1n) is 7.51. The monoisotopic (exact) mass is 293 g/mol. The van der Waals surface area contributed by atoms with Crippen molar-refractivity contribution in [3.8, 4) is 0 Å². The molecule has 1 unspecified atom stereocenters. The van der Waals surface area contributed by atoms with Crippen LogP contribution in [0.4, 0.5) is 11.5 Å². The number of aromatic nitrogens is 1. The molecule has 1 aromatic rings. The van der Waals surface area contributed by atoms with Crippen LogP contribution in [-0.4, -0.2) is 28.2 Å². The molecule has 1 saturated heterocycles. The number of nitrogens with one attached hydrogen (secondary N) is 1. The molecule has 2 heterocycles. The van der Waals surface area contributed by atoms with E-state index in [-0.39, 0.29) is 11.3 Å². The number of ether oxygens (including phenoxy) is 1. The molecule has 0 radical (unpaired) electrons. The second kappa shape index (κ2) is 6.39. The van der Waals surface area contributed by atoms with Crippen LogP contribution in [0.25, 0.3) is 0 Å². The molecule has 116 valence electrons. The molecule has 1 aliphatic rings. The molecule has 0 bridgehead atoms. The first-order chi connectivity index (χ1) is 9.99. The summed E-state index contributed by atoms with van der Waals surface area (Å²) >= 11 is 0. The van der Waals surface area contributed by atoms with Crippen LogP contribution in [0.5, 0.6) is 0 Å². The van der Waals surface area contributed by atoms with Crippen molar-refractivity contribution in [1.82, 2.24) is 4.98 Å². The van der Waals surface area contributed by atoms with Gasteiger partial charge >= 0.3 is 0 Å². The fourth-order valence-corrected chi connectivity index (χ4v) is 2.90. The average molecular weight is 293 g/mol. The second-order valence-corrected chi connectivity index (χ2v) is 5.69. The van der Waals surface area contributed by atoms with Crippen molar-refractivity contribution in [2.24, 2.45) is 0 Å². The summed E-state index contributed by atoms with van der Waals surface area (Å²) in [7, 11) is 0. The number of hydrogen-bond acceptors (Lipinski definition) is 5. The maximum Gasteiger partial charge on any atom is 0.287 e. The maximum absolute atomic E-state index is 10.7. The highest BCUT2D eigenvalue weighted by Gasteiger charge is 2.34. The molecule has 1 aromatic heterocycles. The molecule has 6 nitrogen and oxygen atoms in total. The van der Waals surface area contributed by atoms with Crippen molar-refractivity contribution in [3.63, 3.8) is 0 Å². The Morgan fingerprint density at radius 2 is 2.24 bits per heavy atom. The van der Waals surface area contributed by atoms with E-state index in [4.69, 9.17) is 4.74 Å². The lowest BCUT2D eigenvalue weighted by Gasteiger charge is -2.40. The summed E-state index contributed by atoms with van der Waals surface area (Å²) < 4.78 is 5.96. The number of hydrogen-bond donors (Lipinski definition) is 1. The fraction of sp³-hybridized carbons (Fsp3) is 0.667. The number of nitrogens with zero attached hydrogens (tertiary/aromatic N) is 2. The van der Waals surface area contributed by atoms with Crippen LogP contribution in [0, 0.1) is 17.0 Å². The zero-order valence-corrected chi connectivity index (χ0v) is 12.9. The van der Waals surface area contributed by atoms with Gasteiger partial charge in [0.25, 0.3) is 5.69 Å². The van der Waals surface area contributed by atoms with Gasteiger partial charge in [-0.05, 0) is 38.2 Å². The number of aryl methyl sites for hydroxylation is 1. The third-order valence-electron chi connectivity index (χ3n) is 4.40. The van der Waals surface area contributed by atoms with E-state index < -0.39 is 4.92 Å². The fourth-order valence-electron chi connectivity index (χ4n) is 2.90. The molecule has 1 N–H and O–H groups in total. The Kier molecular flexibility index (Phi) is 4.77. The van der Waals surface area contributed by atoms with Crippen LogP contribution in [-0.2, 0) is 4.74 Å². The van der Waals surface area contributed by atoms with Gasteiger partial charge in [-0.1, -0.05) is 13.8 Å². The summed E-state index contributed by atoms with van der Waals surface area (Å²) in [5, 5.41) is 14.2. The Morgan fingerprint density at radius 1 is 1.52 bits per heavy atom. The SMILES string of the molecule is CCC1(CC)CC(Nc2ncc([N+](=O)[O-])cc2C)CCO1. The number of nitro groups is 1. The molecule has 0 spiro atoms. The number of anilines is 1. The van der Waals surface area contributed by atoms with Gasteiger partial charge in [-0.2, -0.15) is 0 Å². The van der Waals surface area contributed by atoms with E-state index in [1.54, 1.807) is 6.07 Å². The standard InChI is InChI=1S/C15H23N3O3/c1-4-15(5-2)9-12(6-7-21-15)17-14-11(3)8-13(10-16-14)18(19)20/h8,10,12H,4-7,9H2,1-3H3,(H,16,17). The van der Waals surface area contributed by atoms with Gasteiger partial charge in [-0.25, -0.2) is 4.98 Å². The van der Waals surface area contributed by atoms with Crippen LogP contribution in [0.15, 0.2) is 12.3 Å². The van der Waals surface area contributed by atoms with Crippen LogP contribution in [0.2, 0.25) is 0 Å². The Morgan fingerprint density at radius 3 is 2.81 bits per heavy atom. The lowest BCUT2D eigenvalue weighted by atomic mass is 9.86. The lowest BCUT2D eigenvalue weighted by Crippen LogP contribution is -2.43. The van der Waals surface area contributed by atoms with E-state index in [0.29, 0.717) is 6.04 Å². The zero-order valence-electron chi connectivity index (χ0n) is 12.9. The van der Waals surface area contributed by atoms with Gasteiger partial charge < -0.3 is 10.1 Å². The Labute approximate surface area is 125 Å². The first-order valence-corrected chi connectivity index (χ1v) is 7.51. The normalized spacial score (nSPS) is 21.0. The highest BCUT2D eigenvalue weighted by atomic mass is 16.6. The van der Waals surface area contributed by atoms with Crippen molar-refractivity contribution in [3.05, 3.63) is 27.9 Å². The molecule has 1 fully saturated rings. The molecule has 1 atom stereocenters.